The van der Waals surface area contributed by atoms with Crippen LogP contribution in [0.2, 0.25) is 0 Å². The van der Waals surface area contributed by atoms with Gasteiger partial charge in [0, 0.05) is 0 Å². The molecule has 11 heavy (non-hydrogen) atoms. The molecule has 1 aliphatic carbocycles. The van der Waals surface area contributed by atoms with Crippen LogP contribution in [0, 0.1) is 0 Å². The maximum absolute atomic E-state index is 10.8. The standard InChI is InChI=1S/C7H6BrIO2/c8-5-3-1-2-4-7(5,9)6(10)11/h1-5H,(H,10,11). The van der Waals surface area contributed by atoms with Crippen LogP contribution in [0.3, 0.4) is 0 Å². The largest absolute Gasteiger partial charge is 0.480 e. The summed E-state index contributed by atoms with van der Waals surface area (Å²) < 4.78 is -0.827. The zero-order chi connectivity index (χ0) is 8.48. The molecule has 0 radical (unpaired) electrons. The van der Waals surface area contributed by atoms with E-state index in [1.807, 2.05) is 34.7 Å². The Morgan fingerprint density at radius 3 is 2.64 bits per heavy atom. The average Bonchev–Trinajstić information content (AvgIpc) is 1.95. The van der Waals surface area contributed by atoms with E-state index in [0.29, 0.717) is 0 Å². The minimum Gasteiger partial charge on any atom is -0.480 e. The number of halogens is 2. The number of allylic oxidation sites excluding steroid dienone is 3. The highest BCUT2D eigenvalue weighted by Crippen LogP contribution is 2.33. The summed E-state index contributed by atoms with van der Waals surface area (Å²) in [5, 5.41) is 8.85. The fourth-order valence-electron chi connectivity index (χ4n) is 0.779. The maximum atomic E-state index is 10.8. The number of rotatable bonds is 1. The van der Waals surface area contributed by atoms with Gasteiger partial charge in [0.2, 0.25) is 0 Å². The van der Waals surface area contributed by atoms with Crippen LogP contribution in [0.4, 0.5) is 0 Å². The van der Waals surface area contributed by atoms with Crippen molar-refractivity contribution in [3.63, 3.8) is 0 Å². The summed E-state index contributed by atoms with van der Waals surface area (Å²) in [7, 11) is 0. The first-order valence-electron chi connectivity index (χ1n) is 3.00. The van der Waals surface area contributed by atoms with Gasteiger partial charge < -0.3 is 5.11 Å². The zero-order valence-corrected chi connectivity index (χ0v) is 9.24. The average molecular weight is 329 g/mol. The number of carboxylic acid groups (broad SMARTS) is 1. The zero-order valence-electron chi connectivity index (χ0n) is 5.50. The molecule has 0 aliphatic heterocycles. The maximum Gasteiger partial charge on any atom is 0.325 e. The molecule has 0 aromatic rings. The third-order valence-electron chi connectivity index (χ3n) is 1.46. The molecule has 0 saturated heterocycles. The number of alkyl halides is 2. The van der Waals surface area contributed by atoms with Crippen LogP contribution in [-0.4, -0.2) is 19.3 Å². The summed E-state index contributed by atoms with van der Waals surface area (Å²) in [6.45, 7) is 0. The monoisotopic (exact) mass is 328 g/mol. The number of carbonyl (C=O) groups is 1. The summed E-state index contributed by atoms with van der Waals surface area (Å²) in [5.41, 5.74) is 0. The third kappa shape index (κ3) is 1.66. The second-order valence-corrected chi connectivity index (χ2v) is 4.99. The molecule has 60 valence electrons. The van der Waals surface area contributed by atoms with E-state index in [4.69, 9.17) is 5.11 Å². The van der Waals surface area contributed by atoms with Crippen molar-refractivity contribution in [3.05, 3.63) is 24.3 Å². The Bertz CT molecular complexity index is 237. The molecule has 0 amide bonds. The molecule has 0 heterocycles. The molecular weight excluding hydrogens is 323 g/mol. The van der Waals surface area contributed by atoms with E-state index in [-0.39, 0.29) is 4.83 Å². The predicted molar refractivity (Wildman–Crippen MR) is 55.4 cm³/mol. The molecule has 2 nitrogen and oxygen atoms in total. The lowest BCUT2D eigenvalue weighted by Crippen LogP contribution is -2.38. The van der Waals surface area contributed by atoms with E-state index in [0.717, 1.165) is 0 Å². The summed E-state index contributed by atoms with van der Waals surface area (Å²) in [5.74, 6) is -0.819. The van der Waals surface area contributed by atoms with Gasteiger partial charge in [-0.15, -0.1) is 0 Å². The topological polar surface area (TPSA) is 37.3 Å². The van der Waals surface area contributed by atoms with Crippen molar-refractivity contribution in [2.24, 2.45) is 0 Å². The molecule has 0 aromatic carbocycles. The lowest BCUT2D eigenvalue weighted by Gasteiger charge is -2.24. The Balaban J connectivity index is 2.94. The molecular formula is C7H6BrIO2. The van der Waals surface area contributed by atoms with E-state index in [9.17, 15) is 4.79 Å². The number of hydrogen-bond acceptors (Lipinski definition) is 1. The van der Waals surface area contributed by atoms with Gasteiger partial charge in [-0.05, 0) is 0 Å². The summed E-state index contributed by atoms with van der Waals surface area (Å²) in [4.78, 5) is 10.6. The lowest BCUT2D eigenvalue weighted by molar-refractivity contribution is -0.137. The van der Waals surface area contributed by atoms with Crippen molar-refractivity contribution < 1.29 is 9.90 Å². The number of hydrogen-bond donors (Lipinski definition) is 1. The molecule has 0 saturated carbocycles. The number of aliphatic carboxylic acids is 1. The fourth-order valence-corrected chi connectivity index (χ4v) is 1.72. The Morgan fingerprint density at radius 2 is 2.27 bits per heavy atom. The van der Waals surface area contributed by atoms with Gasteiger partial charge in [-0.2, -0.15) is 0 Å². The van der Waals surface area contributed by atoms with Gasteiger partial charge >= 0.3 is 5.97 Å². The molecule has 2 unspecified atom stereocenters. The normalized spacial score (nSPS) is 35.6. The molecule has 1 rings (SSSR count). The first kappa shape index (κ1) is 9.25. The van der Waals surface area contributed by atoms with Crippen molar-refractivity contribution in [1.82, 2.24) is 0 Å². The lowest BCUT2D eigenvalue weighted by atomic mass is 10.0. The van der Waals surface area contributed by atoms with Crippen molar-refractivity contribution in [2.75, 3.05) is 0 Å². The van der Waals surface area contributed by atoms with Gasteiger partial charge in [-0.25, -0.2) is 0 Å². The van der Waals surface area contributed by atoms with Crippen LogP contribution in [0.25, 0.3) is 0 Å². The van der Waals surface area contributed by atoms with Gasteiger partial charge in [0.1, 0.15) is 0 Å². The van der Waals surface area contributed by atoms with Crippen LogP contribution in [0.1, 0.15) is 0 Å². The molecule has 4 heteroatoms. The molecule has 2 atom stereocenters. The minimum absolute atomic E-state index is 0.127. The summed E-state index contributed by atoms with van der Waals surface area (Å²) in [6, 6.07) is 0. The highest BCUT2D eigenvalue weighted by atomic mass is 127. The number of carboxylic acids is 1. The van der Waals surface area contributed by atoms with E-state index in [1.165, 1.54) is 0 Å². The van der Waals surface area contributed by atoms with Crippen molar-refractivity contribution >= 4 is 44.5 Å². The Morgan fingerprint density at radius 1 is 1.64 bits per heavy atom. The Labute approximate surface area is 86.6 Å². The second-order valence-electron chi connectivity index (χ2n) is 2.22. The van der Waals surface area contributed by atoms with Crippen LogP contribution < -0.4 is 0 Å². The van der Waals surface area contributed by atoms with Crippen molar-refractivity contribution in [2.45, 2.75) is 8.25 Å². The van der Waals surface area contributed by atoms with Crippen LogP contribution in [0.5, 0.6) is 0 Å². The smallest absolute Gasteiger partial charge is 0.325 e. The molecule has 0 fully saturated rings. The van der Waals surface area contributed by atoms with Crippen molar-refractivity contribution in [1.29, 1.82) is 0 Å². The fraction of sp³-hybridized carbons (Fsp3) is 0.286. The van der Waals surface area contributed by atoms with E-state index >= 15 is 0 Å². The van der Waals surface area contributed by atoms with Crippen LogP contribution in [0.15, 0.2) is 24.3 Å². The molecule has 0 spiro atoms. The minimum atomic E-state index is -0.827. The van der Waals surface area contributed by atoms with Gasteiger partial charge in [0.05, 0.1) is 4.83 Å². The first-order chi connectivity index (χ1) is 5.07. The van der Waals surface area contributed by atoms with E-state index < -0.39 is 9.39 Å². The highest BCUT2D eigenvalue weighted by Gasteiger charge is 2.39. The Hall–Kier alpha value is 0.160. The van der Waals surface area contributed by atoms with E-state index in [1.54, 1.807) is 12.2 Å². The van der Waals surface area contributed by atoms with Gasteiger partial charge in [0.25, 0.3) is 0 Å². The van der Waals surface area contributed by atoms with Gasteiger partial charge in [0.15, 0.2) is 3.42 Å². The van der Waals surface area contributed by atoms with Gasteiger partial charge in [-0.1, -0.05) is 62.8 Å². The van der Waals surface area contributed by atoms with Crippen molar-refractivity contribution in [3.8, 4) is 0 Å². The molecule has 0 bridgehead atoms. The SMILES string of the molecule is O=C(O)C1(I)C=CC=CC1Br. The second kappa shape index (κ2) is 3.26. The Kier molecular flexibility index (Phi) is 2.74. The molecule has 1 aliphatic rings. The van der Waals surface area contributed by atoms with Crippen LogP contribution >= 0.6 is 38.5 Å². The highest BCUT2D eigenvalue weighted by molar-refractivity contribution is 14.1. The quantitative estimate of drug-likeness (QED) is 0.591. The summed E-state index contributed by atoms with van der Waals surface area (Å²) in [6.07, 6.45) is 7.08. The van der Waals surface area contributed by atoms with Crippen LogP contribution in [-0.2, 0) is 4.79 Å². The third-order valence-corrected chi connectivity index (χ3v) is 4.83. The van der Waals surface area contributed by atoms with E-state index in [2.05, 4.69) is 15.9 Å². The molecule has 0 aromatic heterocycles. The predicted octanol–water partition coefficient (Wildman–Crippen LogP) is 2.13. The summed E-state index contributed by atoms with van der Waals surface area (Å²) >= 11 is 5.21. The van der Waals surface area contributed by atoms with Gasteiger partial charge in [-0.3, -0.25) is 4.79 Å². The molecule has 1 N–H and O–H groups in total. The first-order valence-corrected chi connectivity index (χ1v) is 4.99.